The summed E-state index contributed by atoms with van der Waals surface area (Å²) in [6.45, 7) is -0.644. The molecule has 2 aromatic carbocycles. The van der Waals surface area contributed by atoms with Crippen molar-refractivity contribution in [3.63, 3.8) is 0 Å². The molecule has 2 aromatic rings. The van der Waals surface area contributed by atoms with Crippen LogP contribution in [0.15, 0.2) is 35.2 Å². The number of rotatable bonds is 6. The molecular formula is C19H13F2NO5S2. The molecule has 3 rings (SSSR count). The highest BCUT2D eigenvalue weighted by Crippen LogP contribution is 2.39. The van der Waals surface area contributed by atoms with Gasteiger partial charge in [0.15, 0.2) is 29.7 Å². The molecule has 150 valence electrons. The van der Waals surface area contributed by atoms with Crippen LogP contribution < -0.4 is 14.8 Å². The van der Waals surface area contributed by atoms with Gasteiger partial charge in [-0.2, -0.15) is 0 Å². The number of thioether (sulfide) groups is 1. The predicted molar refractivity (Wildman–Crippen MR) is 108 cm³/mol. The third-order valence-corrected chi connectivity index (χ3v) is 4.99. The number of carboxylic acid groups (broad SMARTS) is 1. The molecule has 0 radical (unpaired) electrons. The van der Waals surface area contributed by atoms with Crippen LogP contribution in [0.4, 0.5) is 8.78 Å². The van der Waals surface area contributed by atoms with Gasteiger partial charge >= 0.3 is 5.97 Å². The number of aliphatic carboxylic acids is 1. The standard InChI is InChI=1S/C19H13F2NO5S2/c1-26-14-6-10(9-2-3-12(20)13(21)5-9)4-11(17(14)27-8-16(23)24)7-15-18(25)22-19(28)29-15/h2-7H,8H2,1H3,(H,23,24)(H,22,25,28). The van der Waals surface area contributed by atoms with Crippen molar-refractivity contribution in [3.05, 3.63) is 52.4 Å². The van der Waals surface area contributed by atoms with E-state index in [0.29, 0.717) is 16.7 Å². The first-order chi connectivity index (χ1) is 13.8. The van der Waals surface area contributed by atoms with Gasteiger partial charge in [0.25, 0.3) is 5.91 Å². The molecule has 1 saturated heterocycles. The Bertz CT molecular complexity index is 1060. The first kappa shape index (κ1) is 20.7. The maximum atomic E-state index is 13.7. The van der Waals surface area contributed by atoms with E-state index in [2.05, 4.69) is 5.32 Å². The van der Waals surface area contributed by atoms with Gasteiger partial charge in [-0.05, 0) is 41.5 Å². The maximum absolute atomic E-state index is 13.7. The zero-order valence-corrected chi connectivity index (χ0v) is 16.5. The fraction of sp³-hybridized carbons (Fsp3) is 0.105. The van der Waals surface area contributed by atoms with Gasteiger partial charge in [0.1, 0.15) is 4.32 Å². The second-order valence-electron chi connectivity index (χ2n) is 5.76. The summed E-state index contributed by atoms with van der Waals surface area (Å²) in [6.07, 6.45) is 1.46. The average molecular weight is 437 g/mol. The number of carboxylic acids is 1. The van der Waals surface area contributed by atoms with Gasteiger partial charge in [0.2, 0.25) is 0 Å². The van der Waals surface area contributed by atoms with Crippen LogP contribution in [0.3, 0.4) is 0 Å². The SMILES string of the molecule is COc1cc(-c2ccc(F)c(F)c2)cc(C=C2SC(=S)NC2=O)c1OCC(=O)O. The minimum absolute atomic E-state index is 0.0833. The minimum Gasteiger partial charge on any atom is -0.493 e. The van der Waals surface area contributed by atoms with Crippen LogP contribution in [0.25, 0.3) is 17.2 Å². The first-order valence-corrected chi connectivity index (χ1v) is 9.28. The third kappa shape index (κ3) is 4.72. The van der Waals surface area contributed by atoms with Crippen molar-refractivity contribution < 1.29 is 33.0 Å². The smallest absolute Gasteiger partial charge is 0.341 e. The van der Waals surface area contributed by atoms with Gasteiger partial charge in [0, 0.05) is 5.56 Å². The maximum Gasteiger partial charge on any atom is 0.341 e. The van der Waals surface area contributed by atoms with Crippen molar-refractivity contribution in [2.75, 3.05) is 13.7 Å². The molecule has 0 aliphatic carbocycles. The van der Waals surface area contributed by atoms with Crippen LogP contribution in [0.1, 0.15) is 5.56 Å². The number of hydrogen-bond donors (Lipinski definition) is 2. The van der Waals surface area contributed by atoms with Gasteiger partial charge in [-0.15, -0.1) is 0 Å². The Morgan fingerprint density at radius 2 is 2.00 bits per heavy atom. The Hall–Kier alpha value is -2.98. The molecule has 0 bridgehead atoms. The molecule has 0 saturated carbocycles. The van der Waals surface area contributed by atoms with Crippen molar-refractivity contribution >= 4 is 46.3 Å². The molecule has 1 fully saturated rings. The van der Waals surface area contributed by atoms with Crippen molar-refractivity contribution in [3.8, 4) is 22.6 Å². The molecule has 10 heteroatoms. The molecule has 0 aromatic heterocycles. The fourth-order valence-electron chi connectivity index (χ4n) is 2.58. The molecule has 1 aliphatic heterocycles. The third-order valence-electron chi connectivity index (χ3n) is 3.83. The molecule has 1 aliphatic rings. The highest BCUT2D eigenvalue weighted by atomic mass is 32.2. The molecular weight excluding hydrogens is 424 g/mol. The van der Waals surface area contributed by atoms with E-state index < -0.39 is 30.1 Å². The Morgan fingerprint density at radius 3 is 2.59 bits per heavy atom. The summed E-state index contributed by atoms with van der Waals surface area (Å²) in [5, 5.41) is 11.4. The second-order valence-corrected chi connectivity index (χ2v) is 7.48. The van der Waals surface area contributed by atoms with E-state index in [1.165, 1.54) is 25.3 Å². The molecule has 2 N–H and O–H groups in total. The van der Waals surface area contributed by atoms with Crippen LogP contribution in [-0.4, -0.2) is 35.0 Å². The molecule has 1 heterocycles. The summed E-state index contributed by atoms with van der Waals surface area (Å²) in [6, 6.07) is 6.44. The average Bonchev–Trinajstić information content (AvgIpc) is 2.99. The molecule has 0 unspecified atom stereocenters. The van der Waals surface area contributed by atoms with Crippen LogP contribution >= 0.6 is 24.0 Å². The zero-order valence-electron chi connectivity index (χ0n) is 14.8. The highest BCUT2D eigenvalue weighted by Gasteiger charge is 2.24. The normalized spacial score (nSPS) is 14.8. The molecule has 1 amide bonds. The number of carbonyl (C=O) groups excluding carboxylic acids is 1. The Kier molecular flexibility index (Phi) is 6.14. The summed E-state index contributed by atoms with van der Waals surface area (Å²) < 4.78 is 37.9. The molecule has 29 heavy (non-hydrogen) atoms. The van der Waals surface area contributed by atoms with Crippen molar-refractivity contribution in [1.29, 1.82) is 0 Å². The Morgan fingerprint density at radius 1 is 1.24 bits per heavy atom. The van der Waals surface area contributed by atoms with Crippen LogP contribution in [-0.2, 0) is 9.59 Å². The molecule has 0 spiro atoms. The van der Waals surface area contributed by atoms with Gasteiger partial charge < -0.3 is 19.9 Å². The lowest BCUT2D eigenvalue weighted by Crippen LogP contribution is -2.17. The largest absolute Gasteiger partial charge is 0.493 e. The van der Waals surface area contributed by atoms with Gasteiger partial charge in [0.05, 0.1) is 12.0 Å². The van der Waals surface area contributed by atoms with E-state index in [4.69, 9.17) is 26.8 Å². The van der Waals surface area contributed by atoms with E-state index in [9.17, 15) is 18.4 Å². The summed E-state index contributed by atoms with van der Waals surface area (Å²) in [7, 11) is 1.35. The van der Waals surface area contributed by atoms with Crippen LogP contribution in [0.5, 0.6) is 11.5 Å². The molecule has 0 atom stereocenters. The second kappa shape index (κ2) is 8.58. The number of nitrogens with one attached hydrogen (secondary N) is 1. The van der Waals surface area contributed by atoms with Crippen LogP contribution in [0.2, 0.25) is 0 Å². The summed E-state index contributed by atoms with van der Waals surface area (Å²) in [5.74, 6) is -3.39. The molecule has 6 nitrogen and oxygen atoms in total. The Labute approximate surface area is 173 Å². The number of thiocarbonyl (C=S) groups is 1. The zero-order chi connectivity index (χ0) is 21.1. The summed E-state index contributed by atoms with van der Waals surface area (Å²) >= 11 is 6.00. The van der Waals surface area contributed by atoms with Crippen molar-refractivity contribution in [2.24, 2.45) is 0 Å². The quantitative estimate of drug-likeness (QED) is 0.528. The lowest BCUT2D eigenvalue weighted by Gasteiger charge is -2.15. The predicted octanol–water partition coefficient (Wildman–Crippen LogP) is 3.59. The minimum atomic E-state index is -1.20. The number of hydrogen-bond acceptors (Lipinski definition) is 6. The lowest BCUT2D eigenvalue weighted by atomic mass is 10.0. The number of benzene rings is 2. The van der Waals surface area contributed by atoms with Crippen molar-refractivity contribution in [2.45, 2.75) is 0 Å². The lowest BCUT2D eigenvalue weighted by molar-refractivity contribution is -0.139. The number of carbonyl (C=O) groups is 2. The topological polar surface area (TPSA) is 84.9 Å². The number of halogens is 2. The Balaban J connectivity index is 2.16. The summed E-state index contributed by atoms with van der Waals surface area (Å²) in [4.78, 5) is 23.2. The first-order valence-electron chi connectivity index (χ1n) is 8.05. The van der Waals surface area contributed by atoms with Crippen molar-refractivity contribution in [1.82, 2.24) is 5.32 Å². The van der Waals surface area contributed by atoms with Gasteiger partial charge in [-0.3, -0.25) is 4.79 Å². The summed E-state index contributed by atoms with van der Waals surface area (Å²) in [5.41, 5.74) is 1.11. The highest BCUT2D eigenvalue weighted by molar-refractivity contribution is 8.26. The van der Waals surface area contributed by atoms with E-state index in [1.54, 1.807) is 6.07 Å². The van der Waals surface area contributed by atoms with E-state index in [0.717, 1.165) is 23.9 Å². The number of amides is 1. The number of methoxy groups -OCH3 is 1. The number of ether oxygens (including phenoxy) is 2. The van der Waals surface area contributed by atoms with E-state index in [1.807, 2.05) is 0 Å². The van der Waals surface area contributed by atoms with Gasteiger partial charge in [-0.25, -0.2) is 13.6 Å². The van der Waals surface area contributed by atoms with Gasteiger partial charge in [-0.1, -0.05) is 30.0 Å². The van der Waals surface area contributed by atoms with E-state index in [-0.39, 0.29) is 20.7 Å². The monoisotopic (exact) mass is 437 g/mol. The fourth-order valence-corrected chi connectivity index (χ4v) is 3.61. The van der Waals surface area contributed by atoms with Crippen LogP contribution in [0, 0.1) is 11.6 Å². The van der Waals surface area contributed by atoms with E-state index >= 15 is 0 Å².